The summed E-state index contributed by atoms with van der Waals surface area (Å²) in [6.45, 7) is 0.586. The van der Waals surface area contributed by atoms with Crippen molar-refractivity contribution in [3.63, 3.8) is 0 Å². The molecule has 4 rings (SSSR count). The molecule has 4 nitrogen and oxygen atoms in total. The van der Waals surface area contributed by atoms with Gasteiger partial charge in [0.15, 0.2) is 4.96 Å². The van der Waals surface area contributed by atoms with E-state index in [1.54, 1.807) is 16.2 Å². The smallest absolute Gasteiger partial charge is 0.264 e. The van der Waals surface area contributed by atoms with Crippen molar-refractivity contribution in [1.29, 1.82) is 0 Å². The molecule has 3 aromatic heterocycles. The topological polar surface area (TPSA) is 37.6 Å². The number of thiophene rings is 1. The van der Waals surface area contributed by atoms with Crippen LogP contribution in [0.25, 0.3) is 15.3 Å². The molecule has 0 N–H and O–H groups in total. The van der Waals surface area contributed by atoms with Gasteiger partial charge >= 0.3 is 0 Å². The van der Waals surface area contributed by atoms with Crippen molar-refractivity contribution in [3.8, 4) is 0 Å². The number of rotatable bonds is 3. The lowest BCUT2D eigenvalue weighted by Crippen LogP contribution is -2.25. The van der Waals surface area contributed by atoms with Gasteiger partial charge in [-0.15, -0.1) is 22.7 Å². The van der Waals surface area contributed by atoms with Crippen LogP contribution < -0.4 is 0 Å². The second-order valence-corrected chi connectivity index (χ2v) is 8.08. The molecule has 3 heterocycles. The van der Waals surface area contributed by atoms with Crippen molar-refractivity contribution in [1.82, 2.24) is 14.3 Å². The van der Waals surface area contributed by atoms with Gasteiger partial charge < -0.3 is 4.90 Å². The maximum absolute atomic E-state index is 12.7. The molecular formula is C16H12BrN3OS2. The third kappa shape index (κ3) is 2.69. The highest BCUT2D eigenvalue weighted by molar-refractivity contribution is 9.10. The lowest BCUT2D eigenvalue weighted by atomic mass is 10.2. The quantitative estimate of drug-likeness (QED) is 0.497. The Balaban J connectivity index is 1.59. The van der Waals surface area contributed by atoms with Crippen molar-refractivity contribution < 1.29 is 4.79 Å². The van der Waals surface area contributed by atoms with Gasteiger partial charge in [-0.25, -0.2) is 4.98 Å². The molecule has 0 radical (unpaired) electrons. The van der Waals surface area contributed by atoms with Crippen molar-refractivity contribution >= 4 is 59.8 Å². The largest absolute Gasteiger partial charge is 0.337 e. The van der Waals surface area contributed by atoms with E-state index in [1.807, 2.05) is 53.4 Å². The van der Waals surface area contributed by atoms with Crippen LogP contribution >= 0.6 is 38.6 Å². The predicted molar refractivity (Wildman–Crippen MR) is 98.4 cm³/mol. The Labute approximate surface area is 149 Å². The Morgan fingerprint density at radius 3 is 2.91 bits per heavy atom. The van der Waals surface area contributed by atoms with Crippen molar-refractivity contribution in [2.75, 3.05) is 7.05 Å². The number of thiazole rings is 1. The van der Waals surface area contributed by atoms with Crippen molar-refractivity contribution in [2.24, 2.45) is 0 Å². The summed E-state index contributed by atoms with van der Waals surface area (Å²) < 4.78 is 3.07. The van der Waals surface area contributed by atoms with Crippen LogP contribution in [0.15, 0.2) is 46.4 Å². The summed E-state index contributed by atoms with van der Waals surface area (Å²) in [6.07, 6.45) is 1.99. The Morgan fingerprint density at radius 1 is 1.35 bits per heavy atom. The van der Waals surface area contributed by atoms with Gasteiger partial charge in [-0.1, -0.05) is 28.1 Å². The number of halogens is 1. The fourth-order valence-corrected chi connectivity index (χ4v) is 4.54. The van der Waals surface area contributed by atoms with Crippen LogP contribution in [0.2, 0.25) is 0 Å². The standard InChI is InChI=1S/C16H12BrN3OS2/c1-19(9-10-2-4-11(17)5-3-10)15(21)13-8-12-14(23-13)18-16-20(12)6-7-22-16/h2-8H,9H2,1H3. The highest BCUT2D eigenvalue weighted by Gasteiger charge is 2.18. The van der Waals surface area contributed by atoms with Crippen LogP contribution in [0, 0.1) is 0 Å². The number of aromatic nitrogens is 2. The number of amides is 1. The summed E-state index contributed by atoms with van der Waals surface area (Å²) in [5.74, 6) is 0.0277. The van der Waals surface area contributed by atoms with E-state index in [1.165, 1.54) is 11.3 Å². The number of benzene rings is 1. The van der Waals surface area contributed by atoms with Crippen LogP contribution in [0.3, 0.4) is 0 Å². The molecular weight excluding hydrogens is 394 g/mol. The lowest BCUT2D eigenvalue weighted by molar-refractivity contribution is 0.0790. The fourth-order valence-electron chi connectivity index (χ4n) is 2.48. The maximum atomic E-state index is 12.7. The average molecular weight is 406 g/mol. The third-order valence-electron chi connectivity index (χ3n) is 3.63. The number of fused-ring (bicyclic) bond motifs is 3. The maximum Gasteiger partial charge on any atom is 0.264 e. The molecule has 0 bridgehead atoms. The summed E-state index contributed by atoms with van der Waals surface area (Å²) in [5, 5.41) is 2.00. The minimum atomic E-state index is 0.0277. The molecule has 0 saturated carbocycles. The third-order valence-corrected chi connectivity index (χ3v) is 5.92. The van der Waals surface area contributed by atoms with E-state index in [2.05, 4.69) is 20.9 Å². The molecule has 1 amide bonds. The summed E-state index contributed by atoms with van der Waals surface area (Å²) in [7, 11) is 1.83. The van der Waals surface area contributed by atoms with Crippen LogP contribution in [0.4, 0.5) is 0 Å². The van der Waals surface area contributed by atoms with Crippen LogP contribution in [0.5, 0.6) is 0 Å². The van der Waals surface area contributed by atoms with Crippen molar-refractivity contribution in [3.05, 3.63) is 56.8 Å². The molecule has 0 saturated heterocycles. The zero-order valence-corrected chi connectivity index (χ0v) is 15.4. The molecule has 0 fully saturated rings. The zero-order valence-electron chi connectivity index (χ0n) is 12.2. The average Bonchev–Trinajstić information content (AvgIpc) is 3.20. The molecule has 7 heteroatoms. The summed E-state index contributed by atoms with van der Waals surface area (Å²) >= 11 is 6.48. The first-order chi connectivity index (χ1) is 11.1. The van der Waals surface area contributed by atoms with Crippen LogP contribution in [-0.2, 0) is 6.54 Å². The SMILES string of the molecule is CN(Cc1ccc(Br)cc1)C(=O)c1cc2c(nc3sccn32)s1. The Bertz CT molecular complexity index is 1000. The molecule has 0 aliphatic rings. The molecule has 23 heavy (non-hydrogen) atoms. The normalized spacial score (nSPS) is 11.4. The monoisotopic (exact) mass is 405 g/mol. The van der Waals surface area contributed by atoms with Crippen molar-refractivity contribution in [2.45, 2.75) is 6.54 Å². The van der Waals surface area contributed by atoms with Gasteiger partial charge in [0.25, 0.3) is 5.91 Å². The number of hydrogen-bond acceptors (Lipinski definition) is 4. The first-order valence-corrected chi connectivity index (χ1v) is 9.46. The molecule has 116 valence electrons. The second-order valence-electron chi connectivity index (χ2n) is 5.26. The molecule has 0 aliphatic carbocycles. The minimum Gasteiger partial charge on any atom is -0.337 e. The highest BCUT2D eigenvalue weighted by Crippen LogP contribution is 2.29. The highest BCUT2D eigenvalue weighted by atomic mass is 79.9. The van der Waals surface area contributed by atoms with E-state index in [9.17, 15) is 4.79 Å². The first kappa shape index (κ1) is 14.9. The molecule has 0 unspecified atom stereocenters. The van der Waals surface area contributed by atoms with E-state index >= 15 is 0 Å². The van der Waals surface area contributed by atoms with Crippen LogP contribution in [-0.4, -0.2) is 27.2 Å². The number of carbonyl (C=O) groups is 1. The number of nitrogens with zero attached hydrogens (tertiary/aromatic N) is 3. The second kappa shape index (κ2) is 5.74. The van der Waals surface area contributed by atoms with E-state index in [0.29, 0.717) is 6.54 Å². The van der Waals surface area contributed by atoms with E-state index in [0.717, 1.165) is 30.2 Å². The molecule has 0 aliphatic heterocycles. The van der Waals surface area contributed by atoms with Crippen LogP contribution in [0.1, 0.15) is 15.2 Å². The van der Waals surface area contributed by atoms with E-state index in [-0.39, 0.29) is 5.91 Å². The predicted octanol–water partition coefficient (Wildman–Crippen LogP) is 4.65. The van der Waals surface area contributed by atoms with E-state index < -0.39 is 0 Å². The van der Waals surface area contributed by atoms with Gasteiger partial charge in [0.1, 0.15) is 4.83 Å². The lowest BCUT2D eigenvalue weighted by Gasteiger charge is -2.16. The number of imidazole rings is 1. The van der Waals surface area contributed by atoms with Gasteiger partial charge in [0.05, 0.1) is 10.4 Å². The Hall–Kier alpha value is -1.70. The Kier molecular flexibility index (Phi) is 3.71. The summed E-state index contributed by atoms with van der Waals surface area (Å²) in [4.78, 5) is 21.6. The number of hydrogen-bond donors (Lipinski definition) is 0. The van der Waals surface area contributed by atoms with Gasteiger partial charge in [0.2, 0.25) is 0 Å². The van der Waals surface area contributed by atoms with E-state index in [4.69, 9.17) is 0 Å². The van der Waals surface area contributed by atoms with Gasteiger partial charge in [0, 0.05) is 29.6 Å². The molecule has 0 spiro atoms. The molecule has 4 aromatic rings. The summed E-state index contributed by atoms with van der Waals surface area (Å²) in [6, 6.07) is 9.95. The fraction of sp³-hybridized carbons (Fsp3) is 0.125. The molecule has 0 atom stereocenters. The minimum absolute atomic E-state index is 0.0277. The number of carbonyl (C=O) groups excluding carboxylic acids is 1. The Morgan fingerprint density at radius 2 is 2.13 bits per heavy atom. The van der Waals surface area contributed by atoms with Gasteiger partial charge in [-0.05, 0) is 23.8 Å². The van der Waals surface area contributed by atoms with Gasteiger partial charge in [-0.3, -0.25) is 9.20 Å². The van der Waals surface area contributed by atoms with Gasteiger partial charge in [-0.2, -0.15) is 0 Å². The first-order valence-electron chi connectivity index (χ1n) is 6.97. The molecule has 1 aromatic carbocycles. The zero-order chi connectivity index (χ0) is 16.0. The summed E-state index contributed by atoms with van der Waals surface area (Å²) in [5.41, 5.74) is 2.11.